The number of amides is 1. The molecule has 2 saturated heterocycles. The van der Waals surface area contributed by atoms with Gasteiger partial charge in [-0.05, 0) is 43.4 Å². The van der Waals surface area contributed by atoms with E-state index < -0.39 is 0 Å². The van der Waals surface area contributed by atoms with Crippen LogP contribution in [0.5, 0.6) is 0 Å². The van der Waals surface area contributed by atoms with E-state index in [0.717, 1.165) is 69.0 Å². The fourth-order valence-electron chi connectivity index (χ4n) is 5.54. The normalized spacial score (nSPS) is 25.5. The Balaban J connectivity index is 1.43. The van der Waals surface area contributed by atoms with Crippen LogP contribution in [0.1, 0.15) is 37.8 Å². The standard InChI is InChI=1S/C22H27N3O3/c1-15(26)23-8-6-18(7-9-23)24-12-16-11-17(14-24)22-19(20-3-2-10-28-20)4-5-21(27)25(22)13-16/h2-5,10,16-18H,6-9,11-14H2,1H3/t16-,17-/m1/s1. The highest BCUT2D eigenvalue weighted by Crippen LogP contribution is 2.41. The van der Waals surface area contributed by atoms with Gasteiger partial charge >= 0.3 is 0 Å². The number of hydrogen-bond acceptors (Lipinski definition) is 4. The van der Waals surface area contributed by atoms with E-state index >= 15 is 0 Å². The SMILES string of the molecule is CC(=O)N1CCC(N2C[C@H]3C[C@H](C2)c2c(-c4ccco4)ccc(=O)n2C3)CC1. The summed E-state index contributed by atoms with van der Waals surface area (Å²) in [6.07, 6.45) is 4.93. The van der Waals surface area contributed by atoms with Crippen molar-refractivity contribution in [1.82, 2.24) is 14.4 Å². The van der Waals surface area contributed by atoms with E-state index in [9.17, 15) is 9.59 Å². The third-order valence-electron chi connectivity index (χ3n) is 6.83. The molecule has 28 heavy (non-hydrogen) atoms. The Morgan fingerprint density at radius 2 is 1.93 bits per heavy atom. The predicted molar refractivity (Wildman–Crippen MR) is 106 cm³/mol. The van der Waals surface area contributed by atoms with Gasteiger partial charge in [0.2, 0.25) is 5.91 Å². The number of likely N-dealkylation sites (tertiary alicyclic amines) is 2. The third kappa shape index (κ3) is 3.00. The van der Waals surface area contributed by atoms with Crippen LogP contribution in [0, 0.1) is 5.92 Å². The number of rotatable bonds is 2. The molecule has 0 N–H and O–H groups in total. The predicted octanol–water partition coefficient (Wildman–Crippen LogP) is 2.54. The fourth-order valence-corrected chi connectivity index (χ4v) is 5.54. The Hall–Kier alpha value is -2.34. The maximum absolute atomic E-state index is 12.6. The van der Waals surface area contributed by atoms with Gasteiger partial charge in [-0.1, -0.05) is 0 Å². The lowest BCUT2D eigenvalue weighted by Gasteiger charge is -2.47. The first-order valence-electron chi connectivity index (χ1n) is 10.4. The summed E-state index contributed by atoms with van der Waals surface area (Å²) in [6, 6.07) is 8.02. The van der Waals surface area contributed by atoms with Crippen molar-refractivity contribution in [2.24, 2.45) is 5.92 Å². The summed E-state index contributed by atoms with van der Waals surface area (Å²) in [5.74, 6) is 1.90. The van der Waals surface area contributed by atoms with Crippen LogP contribution in [0.15, 0.2) is 39.7 Å². The molecule has 0 radical (unpaired) electrons. The number of carbonyl (C=O) groups excluding carboxylic acids is 1. The van der Waals surface area contributed by atoms with Crippen molar-refractivity contribution >= 4 is 5.91 Å². The smallest absolute Gasteiger partial charge is 0.250 e. The molecule has 0 saturated carbocycles. The molecule has 6 nitrogen and oxygen atoms in total. The molecule has 0 unspecified atom stereocenters. The molecule has 3 aliphatic heterocycles. The van der Waals surface area contributed by atoms with Crippen LogP contribution in [0.2, 0.25) is 0 Å². The Bertz CT molecular complexity index is 925. The van der Waals surface area contributed by atoms with Crippen LogP contribution in [0.25, 0.3) is 11.3 Å². The monoisotopic (exact) mass is 381 g/mol. The minimum Gasteiger partial charge on any atom is -0.464 e. The lowest BCUT2D eigenvalue weighted by Crippen LogP contribution is -2.53. The summed E-state index contributed by atoms with van der Waals surface area (Å²) in [4.78, 5) is 28.8. The minimum absolute atomic E-state index is 0.100. The maximum atomic E-state index is 12.6. The first kappa shape index (κ1) is 17.7. The van der Waals surface area contributed by atoms with Crippen LogP contribution in [0.3, 0.4) is 0 Å². The summed E-state index contributed by atoms with van der Waals surface area (Å²) in [5.41, 5.74) is 2.30. The van der Waals surface area contributed by atoms with E-state index in [1.54, 1.807) is 19.3 Å². The van der Waals surface area contributed by atoms with Crippen molar-refractivity contribution in [2.45, 2.75) is 44.7 Å². The molecule has 2 bridgehead atoms. The van der Waals surface area contributed by atoms with Crippen LogP contribution in [-0.4, -0.2) is 52.5 Å². The zero-order valence-electron chi connectivity index (χ0n) is 16.3. The molecule has 0 spiro atoms. The molecule has 2 aromatic heterocycles. The number of fused-ring (bicyclic) bond motifs is 4. The van der Waals surface area contributed by atoms with Gasteiger partial charge in [0.15, 0.2) is 0 Å². The largest absolute Gasteiger partial charge is 0.464 e. The highest BCUT2D eigenvalue weighted by Gasteiger charge is 2.39. The van der Waals surface area contributed by atoms with Crippen LogP contribution >= 0.6 is 0 Å². The van der Waals surface area contributed by atoms with Gasteiger partial charge in [0, 0.05) is 68.9 Å². The van der Waals surface area contributed by atoms with Crippen molar-refractivity contribution in [1.29, 1.82) is 0 Å². The van der Waals surface area contributed by atoms with Gasteiger partial charge in [0.25, 0.3) is 5.56 Å². The Morgan fingerprint density at radius 1 is 1.11 bits per heavy atom. The van der Waals surface area contributed by atoms with Crippen LogP contribution < -0.4 is 5.56 Å². The average Bonchev–Trinajstić information content (AvgIpc) is 3.23. The van der Waals surface area contributed by atoms with Gasteiger partial charge < -0.3 is 13.9 Å². The second-order valence-electron chi connectivity index (χ2n) is 8.55. The van der Waals surface area contributed by atoms with Crippen molar-refractivity contribution < 1.29 is 9.21 Å². The van der Waals surface area contributed by atoms with E-state index in [1.165, 1.54) is 0 Å². The third-order valence-corrected chi connectivity index (χ3v) is 6.83. The van der Waals surface area contributed by atoms with Crippen molar-refractivity contribution in [3.05, 3.63) is 46.6 Å². The van der Waals surface area contributed by atoms with E-state index in [-0.39, 0.29) is 11.5 Å². The summed E-state index contributed by atoms with van der Waals surface area (Å²) < 4.78 is 7.67. The molecule has 2 fully saturated rings. The lowest BCUT2D eigenvalue weighted by atomic mass is 9.80. The van der Waals surface area contributed by atoms with Gasteiger partial charge in [-0.3, -0.25) is 14.5 Å². The molecule has 5 heterocycles. The molecule has 148 valence electrons. The second kappa shape index (κ2) is 6.92. The number of pyridine rings is 1. The summed E-state index contributed by atoms with van der Waals surface area (Å²) in [7, 11) is 0. The summed E-state index contributed by atoms with van der Waals surface area (Å²) >= 11 is 0. The zero-order chi connectivity index (χ0) is 19.3. The first-order chi connectivity index (χ1) is 13.6. The number of aromatic nitrogens is 1. The van der Waals surface area contributed by atoms with Gasteiger partial charge in [-0.15, -0.1) is 0 Å². The topological polar surface area (TPSA) is 58.7 Å². The van der Waals surface area contributed by atoms with Crippen LogP contribution in [-0.2, 0) is 11.3 Å². The highest BCUT2D eigenvalue weighted by molar-refractivity contribution is 5.73. The van der Waals surface area contributed by atoms with Crippen LogP contribution in [0.4, 0.5) is 0 Å². The zero-order valence-corrected chi connectivity index (χ0v) is 16.3. The van der Waals surface area contributed by atoms with Crippen molar-refractivity contribution in [3.63, 3.8) is 0 Å². The van der Waals surface area contributed by atoms with Gasteiger partial charge in [-0.2, -0.15) is 0 Å². The van der Waals surface area contributed by atoms with E-state index in [1.807, 2.05) is 27.7 Å². The molecular weight excluding hydrogens is 354 g/mol. The number of nitrogens with zero attached hydrogens (tertiary/aromatic N) is 3. The molecule has 0 aliphatic carbocycles. The number of piperidine rings is 2. The molecule has 5 rings (SSSR count). The average molecular weight is 381 g/mol. The second-order valence-corrected chi connectivity index (χ2v) is 8.55. The van der Waals surface area contributed by atoms with Gasteiger partial charge in [0.05, 0.1) is 6.26 Å². The number of furan rings is 1. The Labute approximate surface area is 164 Å². The van der Waals surface area contributed by atoms with E-state index in [4.69, 9.17) is 4.42 Å². The summed E-state index contributed by atoms with van der Waals surface area (Å²) in [6.45, 7) is 6.22. The molecule has 0 aromatic carbocycles. The first-order valence-corrected chi connectivity index (χ1v) is 10.4. The summed E-state index contributed by atoms with van der Waals surface area (Å²) in [5, 5.41) is 0. The molecule has 2 atom stereocenters. The maximum Gasteiger partial charge on any atom is 0.250 e. The molecule has 1 amide bonds. The molecule has 6 heteroatoms. The number of hydrogen-bond donors (Lipinski definition) is 0. The Morgan fingerprint density at radius 3 is 2.64 bits per heavy atom. The van der Waals surface area contributed by atoms with Gasteiger partial charge in [0.1, 0.15) is 5.76 Å². The quantitative estimate of drug-likeness (QED) is 0.802. The van der Waals surface area contributed by atoms with Crippen molar-refractivity contribution in [3.8, 4) is 11.3 Å². The lowest BCUT2D eigenvalue weighted by molar-refractivity contribution is -0.130. The van der Waals surface area contributed by atoms with Gasteiger partial charge in [-0.25, -0.2) is 0 Å². The van der Waals surface area contributed by atoms with Crippen molar-refractivity contribution in [2.75, 3.05) is 26.2 Å². The van der Waals surface area contributed by atoms with E-state index in [0.29, 0.717) is 17.9 Å². The Kier molecular flexibility index (Phi) is 4.38. The highest BCUT2D eigenvalue weighted by atomic mass is 16.3. The molecule has 3 aliphatic rings. The number of carbonyl (C=O) groups is 1. The minimum atomic E-state index is 0.100. The molecular formula is C22H27N3O3. The molecule has 2 aromatic rings. The fraction of sp³-hybridized carbons (Fsp3) is 0.545. The van der Waals surface area contributed by atoms with E-state index in [2.05, 4.69) is 4.90 Å².